The Hall–Kier alpha value is -2.24. The highest BCUT2D eigenvalue weighted by molar-refractivity contribution is 5.77. The fourth-order valence-corrected chi connectivity index (χ4v) is 3.66. The summed E-state index contributed by atoms with van der Waals surface area (Å²) >= 11 is 0. The SMILES string of the molecule is CCCC(CC(=O)N1CCC(c2nnc(C)o2)CC1)c1ccc(F)cc1. The summed E-state index contributed by atoms with van der Waals surface area (Å²) in [6.07, 6.45) is 4.09. The van der Waals surface area contributed by atoms with Gasteiger partial charge in [0, 0.05) is 32.4 Å². The van der Waals surface area contributed by atoms with Gasteiger partial charge in [0.15, 0.2) is 0 Å². The third-order valence-electron chi connectivity index (χ3n) is 5.14. The molecule has 0 radical (unpaired) electrons. The van der Waals surface area contributed by atoms with Gasteiger partial charge in [-0.15, -0.1) is 10.2 Å². The summed E-state index contributed by atoms with van der Waals surface area (Å²) in [5, 5.41) is 8.00. The smallest absolute Gasteiger partial charge is 0.223 e. The molecule has 1 aromatic carbocycles. The Bertz CT molecular complexity index is 721. The molecule has 26 heavy (non-hydrogen) atoms. The van der Waals surface area contributed by atoms with Gasteiger partial charge in [-0.1, -0.05) is 25.5 Å². The number of aromatic nitrogens is 2. The molecule has 0 bridgehead atoms. The molecule has 0 saturated carbocycles. The molecule has 3 rings (SSSR count). The minimum absolute atomic E-state index is 0.143. The molecule has 1 aliphatic heterocycles. The van der Waals surface area contributed by atoms with Crippen molar-refractivity contribution in [1.82, 2.24) is 15.1 Å². The zero-order chi connectivity index (χ0) is 18.5. The summed E-state index contributed by atoms with van der Waals surface area (Å²) in [6.45, 7) is 5.33. The average Bonchev–Trinajstić information content (AvgIpc) is 3.08. The lowest BCUT2D eigenvalue weighted by Gasteiger charge is -2.31. The van der Waals surface area contributed by atoms with Crippen LogP contribution in [-0.4, -0.2) is 34.1 Å². The monoisotopic (exact) mass is 359 g/mol. The van der Waals surface area contributed by atoms with Crippen LogP contribution in [0.4, 0.5) is 4.39 Å². The lowest BCUT2D eigenvalue weighted by Crippen LogP contribution is -2.38. The summed E-state index contributed by atoms with van der Waals surface area (Å²) in [6, 6.07) is 6.54. The molecule has 2 aromatic rings. The van der Waals surface area contributed by atoms with Crippen LogP contribution in [-0.2, 0) is 4.79 Å². The van der Waals surface area contributed by atoms with Gasteiger partial charge in [0.05, 0.1) is 0 Å². The lowest BCUT2D eigenvalue weighted by molar-refractivity contribution is -0.132. The Kier molecular flexibility index (Phi) is 6.01. The molecule has 1 unspecified atom stereocenters. The third kappa shape index (κ3) is 4.48. The largest absolute Gasteiger partial charge is 0.425 e. The van der Waals surface area contributed by atoms with Gasteiger partial charge in [-0.05, 0) is 42.9 Å². The van der Waals surface area contributed by atoms with Crippen molar-refractivity contribution in [2.24, 2.45) is 0 Å². The van der Waals surface area contributed by atoms with E-state index in [4.69, 9.17) is 4.42 Å². The maximum atomic E-state index is 13.2. The molecule has 1 aliphatic rings. The van der Waals surface area contributed by atoms with E-state index in [1.807, 2.05) is 4.90 Å². The second kappa shape index (κ2) is 8.43. The van der Waals surface area contributed by atoms with Gasteiger partial charge in [-0.2, -0.15) is 0 Å². The van der Waals surface area contributed by atoms with Gasteiger partial charge in [-0.25, -0.2) is 4.39 Å². The van der Waals surface area contributed by atoms with E-state index in [1.54, 1.807) is 19.1 Å². The van der Waals surface area contributed by atoms with Crippen molar-refractivity contribution in [2.75, 3.05) is 13.1 Å². The molecule has 1 aromatic heterocycles. The standard InChI is InChI=1S/C20H26FN3O2/c1-3-4-17(15-5-7-18(21)8-6-15)13-19(25)24-11-9-16(10-12-24)20-23-22-14(2)26-20/h5-8,16-17H,3-4,9-13H2,1-2H3. The van der Waals surface area contributed by atoms with Crippen molar-refractivity contribution in [2.45, 2.75) is 57.8 Å². The Morgan fingerprint density at radius 1 is 1.27 bits per heavy atom. The van der Waals surface area contributed by atoms with Gasteiger partial charge >= 0.3 is 0 Å². The van der Waals surface area contributed by atoms with Gasteiger partial charge in [0.2, 0.25) is 17.7 Å². The van der Waals surface area contributed by atoms with E-state index < -0.39 is 0 Å². The summed E-state index contributed by atoms with van der Waals surface area (Å²) in [7, 11) is 0. The van der Waals surface area contributed by atoms with Crippen LogP contribution in [0.25, 0.3) is 0 Å². The molecule has 5 nitrogen and oxygen atoms in total. The maximum Gasteiger partial charge on any atom is 0.223 e. The molecule has 0 spiro atoms. The summed E-state index contributed by atoms with van der Waals surface area (Å²) in [5.74, 6) is 1.58. The molecule has 6 heteroatoms. The topological polar surface area (TPSA) is 59.2 Å². The molecule has 2 heterocycles. The summed E-state index contributed by atoms with van der Waals surface area (Å²) < 4.78 is 18.7. The Labute approximate surface area is 153 Å². The quantitative estimate of drug-likeness (QED) is 0.776. The van der Waals surface area contributed by atoms with Crippen LogP contribution in [0.1, 0.15) is 68.2 Å². The molecule has 0 aliphatic carbocycles. The Morgan fingerprint density at radius 3 is 2.54 bits per heavy atom. The molecule has 140 valence electrons. The van der Waals surface area contributed by atoms with Crippen molar-refractivity contribution in [3.63, 3.8) is 0 Å². The number of halogens is 1. The number of rotatable bonds is 6. The van der Waals surface area contributed by atoms with E-state index in [0.717, 1.165) is 31.2 Å². The number of carbonyl (C=O) groups is 1. The fraction of sp³-hybridized carbons (Fsp3) is 0.550. The number of amides is 1. The number of hydrogen-bond donors (Lipinski definition) is 0. The number of likely N-dealkylation sites (tertiary alicyclic amines) is 1. The maximum absolute atomic E-state index is 13.2. The highest BCUT2D eigenvalue weighted by Gasteiger charge is 2.28. The molecular weight excluding hydrogens is 333 g/mol. The predicted octanol–water partition coefficient (Wildman–Crippen LogP) is 4.20. The highest BCUT2D eigenvalue weighted by atomic mass is 19.1. The van der Waals surface area contributed by atoms with E-state index in [-0.39, 0.29) is 23.6 Å². The lowest BCUT2D eigenvalue weighted by atomic mass is 9.90. The van der Waals surface area contributed by atoms with Crippen molar-refractivity contribution < 1.29 is 13.6 Å². The van der Waals surface area contributed by atoms with E-state index in [2.05, 4.69) is 17.1 Å². The second-order valence-electron chi connectivity index (χ2n) is 7.06. The van der Waals surface area contributed by atoms with Crippen LogP contribution >= 0.6 is 0 Å². The average molecular weight is 359 g/mol. The predicted molar refractivity (Wildman–Crippen MR) is 96.3 cm³/mol. The van der Waals surface area contributed by atoms with Crippen LogP contribution in [0.5, 0.6) is 0 Å². The molecule has 0 N–H and O–H groups in total. The van der Waals surface area contributed by atoms with Crippen molar-refractivity contribution >= 4 is 5.91 Å². The van der Waals surface area contributed by atoms with E-state index in [0.29, 0.717) is 31.3 Å². The number of nitrogens with zero attached hydrogens (tertiary/aromatic N) is 3. The zero-order valence-electron chi connectivity index (χ0n) is 15.4. The van der Waals surface area contributed by atoms with Gasteiger partial charge in [0.25, 0.3) is 0 Å². The second-order valence-corrected chi connectivity index (χ2v) is 7.06. The summed E-state index contributed by atoms with van der Waals surface area (Å²) in [4.78, 5) is 14.7. The van der Waals surface area contributed by atoms with Crippen LogP contribution in [0.3, 0.4) is 0 Å². The molecular formula is C20H26FN3O2. The van der Waals surface area contributed by atoms with Crippen LogP contribution in [0, 0.1) is 12.7 Å². The number of piperidine rings is 1. The zero-order valence-corrected chi connectivity index (χ0v) is 15.4. The molecule has 1 atom stereocenters. The van der Waals surface area contributed by atoms with E-state index in [1.165, 1.54) is 12.1 Å². The number of aryl methyl sites for hydroxylation is 1. The first-order chi connectivity index (χ1) is 12.6. The van der Waals surface area contributed by atoms with Crippen molar-refractivity contribution in [1.29, 1.82) is 0 Å². The van der Waals surface area contributed by atoms with Gasteiger partial charge in [-0.3, -0.25) is 4.79 Å². The molecule has 1 amide bonds. The van der Waals surface area contributed by atoms with Gasteiger partial charge in [0.1, 0.15) is 5.82 Å². The summed E-state index contributed by atoms with van der Waals surface area (Å²) in [5.41, 5.74) is 1.04. The molecule has 1 saturated heterocycles. The third-order valence-corrected chi connectivity index (χ3v) is 5.14. The number of benzene rings is 1. The Balaban J connectivity index is 1.57. The van der Waals surface area contributed by atoms with E-state index >= 15 is 0 Å². The molecule has 1 fully saturated rings. The minimum Gasteiger partial charge on any atom is -0.425 e. The fourth-order valence-electron chi connectivity index (χ4n) is 3.66. The van der Waals surface area contributed by atoms with Gasteiger partial charge < -0.3 is 9.32 Å². The van der Waals surface area contributed by atoms with Crippen LogP contribution in [0.2, 0.25) is 0 Å². The van der Waals surface area contributed by atoms with Crippen molar-refractivity contribution in [3.8, 4) is 0 Å². The van der Waals surface area contributed by atoms with Crippen molar-refractivity contribution in [3.05, 3.63) is 47.4 Å². The first-order valence-electron chi connectivity index (χ1n) is 9.40. The highest BCUT2D eigenvalue weighted by Crippen LogP contribution is 2.30. The first-order valence-corrected chi connectivity index (χ1v) is 9.40. The number of hydrogen-bond acceptors (Lipinski definition) is 4. The van der Waals surface area contributed by atoms with E-state index in [9.17, 15) is 9.18 Å². The number of carbonyl (C=O) groups excluding carboxylic acids is 1. The van der Waals surface area contributed by atoms with Crippen LogP contribution < -0.4 is 0 Å². The minimum atomic E-state index is -0.242. The first kappa shape index (κ1) is 18.5. The Morgan fingerprint density at radius 2 is 1.96 bits per heavy atom. The normalized spacial score (nSPS) is 16.7. The van der Waals surface area contributed by atoms with Crippen LogP contribution in [0.15, 0.2) is 28.7 Å².